The summed E-state index contributed by atoms with van der Waals surface area (Å²) >= 11 is 0. The molecule has 0 bridgehead atoms. The Morgan fingerprint density at radius 1 is 0.439 bits per heavy atom. The van der Waals surface area contributed by atoms with E-state index < -0.39 is 5.41 Å². The zero-order valence-corrected chi connectivity index (χ0v) is 23.4. The van der Waals surface area contributed by atoms with Crippen molar-refractivity contribution in [1.82, 2.24) is 0 Å². The molecule has 1 N–H and O–H groups in total. The maximum absolute atomic E-state index is 3.86. The van der Waals surface area contributed by atoms with Crippen molar-refractivity contribution >= 4 is 11.4 Å². The number of hydrogen-bond donors (Lipinski definition) is 1. The molecular formula is C40H31N. The summed E-state index contributed by atoms with van der Waals surface area (Å²) in [6, 6.07) is 53.5. The number of nitrogens with one attached hydrogen (secondary N) is 1. The van der Waals surface area contributed by atoms with Crippen molar-refractivity contribution in [3.8, 4) is 22.3 Å². The Hall–Kier alpha value is -4.88. The molecule has 1 nitrogen and oxygen atoms in total. The molecular weight excluding hydrogens is 494 g/mol. The number of benzene rings is 6. The van der Waals surface area contributed by atoms with Gasteiger partial charge in [-0.15, -0.1) is 0 Å². The van der Waals surface area contributed by atoms with Crippen LogP contribution in [0.25, 0.3) is 22.3 Å². The van der Waals surface area contributed by atoms with E-state index in [0.29, 0.717) is 0 Å². The van der Waals surface area contributed by atoms with E-state index in [1.807, 2.05) is 0 Å². The monoisotopic (exact) mass is 525 g/mol. The molecule has 0 atom stereocenters. The van der Waals surface area contributed by atoms with Gasteiger partial charge in [0, 0.05) is 22.4 Å². The van der Waals surface area contributed by atoms with Crippen molar-refractivity contribution in [1.29, 1.82) is 0 Å². The third-order valence-electron chi connectivity index (χ3n) is 9.33. The minimum Gasteiger partial charge on any atom is -0.355 e. The van der Waals surface area contributed by atoms with Gasteiger partial charge in [-0.1, -0.05) is 141 Å². The summed E-state index contributed by atoms with van der Waals surface area (Å²) in [6.45, 7) is 4.75. The highest BCUT2D eigenvalue weighted by Gasteiger charge is 2.47. The largest absolute Gasteiger partial charge is 0.355 e. The van der Waals surface area contributed by atoms with Crippen molar-refractivity contribution in [3.63, 3.8) is 0 Å². The van der Waals surface area contributed by atoms with Gasteiger partial charge >= 0.3 is 0 Å². The van der Waals surface area contributed by atoms with Gasteiger partial charge < -0.3 is 5.32 Å². The number of rotatable bonds is 4. The van der Waals surface area contributed by atoms with Gasteiger partial charge in [-0.05, 0) is 68.3 Å². The Kier molecular flexibility index (Phi) is 5.15. The molecule has 1 heteroatoms. The van der Waals surface area contributed by atoms with Gasteiger partial charge in [0.15, 0.2) is 0 Å². The summed E-state index contributed by atoms with van der Waals surface area (Å²) in [6.07, 6.45) is 0. The van der Waals surface area contributed by atoms with Crippen LogP contribution in [0.4, 0.5) is 11.4 Å². The third kappa shape index (κ3) is 3.30. The predicted octanol–water partition coefficient (Wildman–Crippen LogP) is 10.1. The second-order valence-corrected chi connectivity index (χ2v) is 11.8. The van der Waals surface area contributed by atoms with Gasteiger partial charge in [0.25, 0.3) is 0 Å². The highest BCUT2D eigenvalue weighted by atomic mass is 14.9. The van der Waals surface area contributed by atoms with Crippen LogP contribution in [0.3, 0.4) is 0 Å². The van der Waals surface area contributed by atoms with E-state index in [1.165, 1.54) is 55.6 Å². The van der Waals surface area contributed by atoms with E-state index in [2.05, 4.69) is 165 Å². The fourth-order valence-corrected chi connectivity index (χ4v) is 7.52. The van der Waals surface area contributed by atoms with Crippen molar-refractivity contribution < 1.29 is 0 Å². The lowest BCUT2D eigenvalue weighted by Crippen LogP contribution is -2.29. The maximum atomic E-state index is 3.86. The molecule has 0 aromatic heterocycles. The maximum Gasteiger partial charge on any atom is 0.0714 e. The topological polar surface area (TPSA) is 12.0 Å². The first kappa shape index (κ1) is 24.0. The molecule has 0 spiro atoms. The average Bonchev–Trinajstić information content (AvgIpc) is 3.45. The Bertz CT molecular complexity index is 1890. The van der Waals surface area contributed by atoms with E-state index in [0.717, 1.165) is 11.4 Å². The first-order chi connectivity index (χ1) is 20.1. The van der Waals surface area contributed by atoms with Gasteiger partial charge in [-0.3, -0.25) is 0 Å². The predicted molar refractivity (Wildman–Crippen MR) is 171 cm³/mol. The third-order valence-corrected chi connectivity index (χ3v) is 9.33. The normalized spacial score (nSPS) is 15.0. The zero-order chi connectivity index (χ0) is 27.6. The molecule has 0 saturated carbocycles. The molecule has 0 amide bonds. The van der Waals surface area contributed by atoms with Crippen LogP contribution in [0.1, 0.15) is 47.2 Å². The summed E-state index contributed by atoms with van der Waals surface area (Å²) in [7, 11) is 0. The highest BCUT2D eigenvalue weighted by molar-refractivity contribution is 5.94. The summed E-state index contributed by atoms with van der Waals surface area (Å²) in [5, 5.41) is 3.86. The van der Waals surface area contributed by atoms with Crippen LogP contribution in [0.5, 0.6) is 0 Å². The highest BCUT2D eigenvalue weighted by Crippen LogP contribution is 2.59. The number of anilines is 2. The van der Waals surface area contributed by atoms with E-state index in [4.69, 9.17) is 0 Å². The molecule has 0 aliphatic heterocycles. The Balaban J connectivity index is 1.50. The van der Waals surface area contributed by atoms with E-state index >= 15 is 0 Å². The lowest BCUT2D eigenvalue weighted by Gasteiger charge is -2.35. The first-order valence-corrected chi connectivity index (χ1v) is 14.5. The molecule has 0 fully saturated rings. The molecule has 2 aliphatic rings. The quantitative estimate of drug-likeness (QED) is 0.241. The fourth-order valence-electron chi connectivity index (χ4n) is 7.52. The van der Waals surface area contributed by atoms with Crippen LogP contribution in [0.15, 0.2) is 146 Å². The standard InChI is InChI=1S/C40H31N/c1-39(2)33-22-12-11-21-32(33)38-36(39)25-28(26-37(38)41-29-17-7-4-8-18-29)40(27-15-5-3-6-16-27)34-23-13-9-19-30(34)31-20-10-14-24-35(31)40/h3-26,41H,1-2H3. The lowest BCUT2D eigenvalue weighted by atomic mass is 9.66. The van der Waals surface area contributed by atoms with E-state index in [1.54, 1.807) is 0 Å². The summed E-state index contributed by atoms with van der Waals surface area (Å²) in [4.78, 5) is 0. The second-order valence-electron chi connectivity index (χ2n) is 11.8. The number of hydrogen-bond acceptors (Lipinski definition) is 1. The van der Waals surface area contributed by atoms with Crippen molar-refractivity contribution in [2.75, 3.05) is 5.32 Å². The van der Waals surface area contributed by atoms with Crippen LogP contribution in [0.2, 0.25) is 0 Å². The molecule has 0 unspecified atom stereocenters. The van der Waals surface area contributed by atoms with Gasteiger partial charge in [-0.25, -0.2) is 0 Å². The van der Waals surface area contributed by atoms with Crippen molar-refractivity contribution in [2.24, 2.45) is 0 Å². The van der Waals surface area contributed by atoms with Crippen molar-refractivity contribution in [3.05, 3.63) is 179 Å². The first-order valence-electron chi connectivity index (χ1n) is 14.5. The molecule has 2 aliphatic carbocycles. The summed E-state index contributed by atoms with van der Waals surface area (Å²) in [5.74, 6) is 0. The zero-order valence-electron chi connectivity index (χ0n) is 23.4. The summed E-state index contributed by atoms with van der Waals surface area (Å²) < 4.78 is 0. The van der Waals surface area contributed by atoms with Gasteiger partial charge in [0.05, 0.1) is 5.41 Å². The molecule has 6 aromatic rings. The van der Waals surface area contributed by atoms with Crippen molar-refractivity contribution in [2.45, 2.75) is 24.7 Å². The van der Waals surface area contributed by atoms with Crippen LogP contribution in [0, 0.1) is 0 Å². The Morgan fingerprint density at radius 2 is 0.951 bits per heavy atom. The van der Waals surface area contributed by atoms with Crippen LogP contribution in [-0.4, -0.2) is 0 Å². The Morgan fingerprint density at radius 3 is 1.59 bits per heavy atom. The van der Waals surface area contributed by atoms with E-state index in [9.17, 15) is 0 Å². The Labute approximate surface area is 242 Å². The molecule has 196 valence electrons. The molecule has 6 aromatic carbocycles. The van der Waals surface area contributed by atoms with Crippen LogP contribution < -0.4 is 5.32 Å². The van der Waals surface area contributed by atoms with Gasteiger partial charge in [0.1, 0.15) is 0 Å². The SMILES string of the molecule is CC1(C)c2ccccc2-c2c(Nc3ccccc3)cc(C3(c4ccccc4)c4ccccc4-c4ccccc43)cc21. The smallest absolute Gasteiger partial charge is 0.0714 e. The molecule has 0 saturated heterocycles. The lowest BCUT2D eigenvalue weighted by molar-refractivity contribution is 0.656. The summed E-state index contributed by atoms with van der Waals surface area (Å²) in [5.41, 5.74) is 14.9. The van der Waals surface area contributed by atoms with Crippen LogP contribution in [-0.2, 0) is 10.8 Å². The van der Waals surface area contributed by atoms with Gasteiger partial charge in [-0.2, -0.15) is 0 Å². The van der Waals surface area contributed by atoms with Gasteiger partial charge in [0.2, 0.25) is 0 Å². The van der Waals surface area contributed by atoms with Crippen LogP contribution >= 0.6 is 0 Å². The minimum absolute atomic E-state index is 0.134. The molecule has 0 radical (unpaired) electrons. The second kappa shape index (κ2) is 8.81. The van der Waals surface area contributed by atoms with E-state index in [-0.39, 0.29) is 5.41 Å². The fraction of sp³-hybridized carbons (Fsp3) is 0.100. The number of fused-ring (bicyclic) bond motifs is 6. The molecule has 41 heavy (non-hydrogen) atoms. The minimum atomic E-state index is -0.443. The average molecular weight is 526 g/mol. The molecule has 8 rings (SSSR count). The molecule has 0 heterocycles. The number of para-hydroxylation sites is 1.